The second kappa shape index (κ2) is 6.74. The molecule has 0 unspecified atom stereocenters. The predicted molar refractivity (Wildman–Crippen MR) is 93.4 cm³/mol. The van der Waals surface area contributed by atoms with E-state index in [2.05, 4.69) is 10.6 Å². The Bertz CT molecular complexity index is 799. The van der Waals surface area contributed by atoms with Gasteiger partial charge in [0.1, 0.15) is 5.75 Å². The van der Waals surface area contributed by atoms with Crippen molar-refractivity contribution in [1.82, 2.24) is 0 Å². The summed E-state index contributed by atoms with van der Waals surface area (Å²) in [5, 5.41) is 5.73. The van der Waals surface area contributed by atoms with Gasteiger partial charge in [0.25, 0.3) is 0 Å². The van der Waals surface area contributed by atoms with E-state index in [4.69, 9.17) is 4.74 Å². The molecular weight excluding hydrogens is 304 g/mol. The molecule has 0 aliphatic carbocycles. The molecule has 0 saturated heterocycles. The Balaban J connectivity index is 1.71. The zero-order valence-electron chi connectivity index (χ0n) is 13.8. The molecule has 2 N–H and O–H groups in total. The second-order valence-electron chi connectivity index (χ2n) is 6.02. The second-order valence-corrected chi connectivity index (χ2v) is 6.02. The molecule has 1 aliphatic rings. The van der Waals surface area contributed by atoms with E-state index >= 15 is 0 Å². The molecule has 124 valence electrons. The van der Waals surface area contributed by atoms with Crippen molar-refractivity contribution in [3.63, 3.8) is 0 Å². The highest BCUT2D eigenvalue weighted by atomic mass is 16.5. The van der Waals surface area contributed by atoms with Gasteiger partial charge in [-0.25, -0.2) is 0 Å². The summed E-state index contributed by atoms with van der Waals surface area (Å²) in [4.78, 5) is 23.9. The highest BCUT2D eigenvalue weighted by molar-refractivity contribution is 5.95. The smallest absolute Gasteiger partial charge is 0.228 e. The molecule has 0 aromatic heterocycles. The fraction of sp³-hybridized carbons (Fsp3) is 0.263. The lowest BCUT2D eigenvalue weighted by atomic mass is 10.1. The molecule has 2 amide bonds. The average molecular weight is 324 g/mol. The number of aryl methyl sites for hydroxylation is 2. The van der Waals surface area contributed by atoms with Crippen molar-refractivity contribution < 1.29 is 14.3 Å². The van der Waals surface area contributed by atoms with Crippen molar-refractivity contribution in [1.29, 1.82) is 0 Å². The largest absolute Gasteiger partial charge is 0.491 e. The number of carbonyl (C=O) groups excluding carboxylic acids is 2. The van der Waals surface area contributed by atoms with Crippen molar-refractivity contribution in [2.75, 3.05) is 17.2 Å². The maximum atomic E-state index is 12.3. The minimum atomic E-state index is -0.0947. The fourth-order valence-electron chi connectivity index (χ4n) is 2.71. The van der Waals surface area contributed by atoms with Crippen LogP contribution in [0.15, 0.2) is 36.4 Å². The Kier molecular flexibility index (Phi) is 4.51. The van der Waals surface area contributed by atoms with Gasteiger partial charge in [-0.2, -0.15) is 0 Å². The number of ether oxygens (including phenoxy) is 1. The van der Waals surface area contributed by atoms with Crippen molar-refractivity contribution in [2.45, 2.75) is 26.7 Å². The van der Waals surface area contributed by atoms with E-state index in [0.717, 1.165) is 22.4 Å². The topological polar surface area (TPSA) is 67.4 Å². The fourth-order valence-corrected chi connectivity index (χ4v) is 2.71. The maximum Gasteiger partial charge on any atom is 0.228 e. The number of anilines is 2. The van der Waals surface area contributed by atoms with Gasteiger partial charge in [-0.05, 0) is 43.2 Å². The molecule has 1 heterocycles. The first-order valence-electron chi connectivity index (χ1n) is 7.94. The zero-order chi connectivity index (χ0) is 17.1. The third-order valence-electron chi connectivity index (χ3n) is 3.93. The highest BCUT2D eigenvalue weighted by Crippen LogP contribution is 2.28. The predicted octanol–water partition coefficient (Wildman–Crippen LogP) is 3.21. The van der Waals surface area contributed by atoms with E-state index in [0.29, 0.717) is 24.5 Å². The normalized spacial score (nSPS) is 13.3. The van der Waals surface area contributed by atoms with E-state index in [9.17, 15) is 9.59 Å². The molecular formula is C19H20N2O3. The average Bonchev–Trinajstić information content (AvgIpc) is 2.70. The van der Waals surface area contributed by atoms with Gasteiger partial charge in [0.05, 0.1) is 25.1 Å². The minimum Gasteiger partial charge on any atom is -0.491 e. The van der Waals surface area contributed by atoms with Gasteiger partial charge in [0.15, 0.2) is 0 Å². The first-order valence-corrected chi connectivity index (χ1v) is 7.94. The van der Waals surface area contributed by atoms with Crippen LogP contribution in [0.25, 0.3) is 0 Å². The van der Waals surface area contributed by atoms with Crippen LogP contribution in [0.2, 0.25) is 0 Å². The molecule has 1 aliphatic heterocycles. The summed E-state index contributed by atoms with van der Waals surface area (Å²) < 4.78 is 5.52. The lowest BCUT2D eigenvalue weighted by Gasteiger charge is -2.11. The molecule has 3 rings (SSSR count). The molecule has 0 bridgehead atoms. The number of hydrogen-bond donors (Lipinski definition) is 2. The van der Waals surface area contributed by atoms with Gasteiger partial charge in [-0.15, -0.1) is 0 Å². The van der Waals surface area contributed by atoms with Crippen molar-refractivity contribution in [2.24, 2.45) is 0 Å². The van der Waals surface area contributed by atoms with Gasteiger partial charge in [0.2, 0.25) is 11.8 Å². The summed E-state index contributed by atoms with van der Waals surface area (Å²) in [7, 11) is 0. The number of hydrogen-bond acceptors (Lipinski definition) is 3. The van der Waals surface area contributed by atoms with E-state index in [1.54, 1.807) is 12.1 Å². The summed E-state index contributed by atoms with van der Waals surface area (Å²) >= 11 is 0. The van der Waals surface area contributed by atoms with E-state index < -0.39 is 0 Å². The number of rotatable bonds is 3. The Morgan fingerprint density at radius 1 is 1.21 bits per heavy atom. The number of amides is 2. The maximum absolute atomic E-state index is 12.3. The van der Waals surface area contributed by atoms with Crippen LogP contribution in [0.4, 0.5) is 11.4 Å². The van der Waals surface area contributed by atoms with E-state index in [-0.39, 0.29) is 18.2 Å². The van der Waals surface area contributed by atoms with Crippen LogP contribution in [-0.2, 0) is 16.0 Å². The van der Waals surface area contributed by atoms with Gasteiger partial charge in [0, 0.05) is 5.69 Å². The highest BCUT2D eigenvalue weighted by Gasteiger charge is 2.15. The Labute approximate surface area is 141 Å². The van der Waals surface area contributed by atoms with Crippen LogP contribution in [0.3, 0.4) is 0 Å². The number of carbonyl (C=O) groups is 2. The molecule has 0 atom stereocenters. The summed E-state index contributed by atoms with van der Waals surface area (Å²) in [5.41, 5.74) is 4.45. The molecule has 0 spiro atoms. The summed E-state index contributed by atoms with van der Waals surface area (Å²) in [6.45, 7) is 4.36. The van der Waals surface area contributed by atoms with Crippen molar-refractivity contribution >= 4 is 23.2 Å². The van der Waals surface area contributed by atoms with Gasteiger partial charge in [-0.1, -0.05) is 23.8 Å². The van der Waals surface area contributed by atoms with Crippen molar-refractivity contribution in [3.05, 3.63) is 53.1 Å². The van der Waals surface area contributed by atoms with Crippen LogP contribution >= 0.6 is 0 Å². The quantitative estimate of drug-likeness (QED) is 0.911. The Hall–Kier alpha value is -2.82. The molecule has 2 aromatic carbocycles. The molecule has 24 heavy (non-hydrogen) atoms. The number of fused-ring (bicyclic) bond motifs is 1. The van der Waals surface area contributed by atoms with Crippen LogP contribution in [0.1, 0.15) is 23.1 Å². The van der Waals surface area contributed by atoms with E-state index in [1.165, 1.54) is 0 Å². The van der Waals surface area contributed by atoms with Gasteiger partial charge >= 0.3 is 0 Å². The lowest BCUT2D eigenvalue weighted by Crippen LogP contribution is -2.15. The Morgan fingerprint density at radius 3 is 2.83 bits per heavy atom. The van der Waals surface area contributed by atoms with Gasteiger partial charge < -0.3 is 15.4 Å². The lowest BCUT2D eigenvalue weighted by molar-refractivity contribution is -0.116. The van der Waals surface area contributed by atoms with Crippen LogP contribution in [0.5, 0.6) is 5.75 Å². The van der Waals surface area contributed by atoms with Gasteiger partial charge in [-0.3, -0.25) is 9.59 Å². The molecule has 5 nitrogen and oxygen atoms in total. The van der Waals surface area contributed by atoms with Crippen LogP contribution in [0, 0.1) is 13.8 Å². The molecule has 0 radical (unpaired) electrons. The third-order valence-corrected chi connectivity index (χ3v) is 3.93. The minimum absolute atomic E-state index is 0.0781. The summed E-state index contributed by atoms with van der Waals surface area (Å²) in [6.07, 6.45) is 0.563. The summed E-state index contributed by atoms with van der Waals surface area (Å²) in [6, 6.07) is 11.3. The van der Waals surface area contributed by atoms with Crippen molar-refractivity contribution in [3.8, 4) is 5.75 Å². The summed E-state index contributed by atoms with van der Waals surface area (Å²) in [5.74, 6) is 0.466. The third kappa shape index (κ3) is 3.74. The zero-order valence-corrected chi connectivity index (χ0v) is 13.8. The monoisotopic (exact) mass is 324 g/mol. The standard InChI is InChI=1S/C19H20N2O3/c1-12-3-5-15(13(2)9-12)20-19(23)11-14-4-6-17-16(10-14)21-18(22)7-8-24-17/h3-6,9-10H,7-8,11H2,1-2H3,(H,20,23)(H,21,22). The first-order chi connectivity index (χ1) is 11.5. The SMILES string of the molecule is Cc1ccc(NC(=O)Cc2ccc3c(c2)NC(=O)CCO3)c(C)c1. The molecule has 2 aromatic rings. The molecule has 5 heteroatoms. The molecule has 0 saturated carbocycles. The number of nitrogens with one attached hydrogen (secondary N) is 2. The van der Waals surface area contributed by atoms with Crippen LogP contribution in [-0.4, -0.2) is 18.4 Å². The first kappa shape index (κ1) is 16.1. The van der Waals surface area contributed by atoms with Crippen LogP contribution < -0.4 is 15.4 Å². The van der Waals surface area contributed by atoms with E-state index in [1.807, 2.05) is 38.1 Å². The Morgan fingerprint density at radius 2 is 2.04 bits per heavy atom. The molecule has 0 fully saturated rings. The number of benzene rings is 2.